The second-order valence-corrected chi connectivity index (χ2v) is 2.97. The average molecular weight is 214 g/mol. The van der Waals surface area contributed by atoms with E-state index in [2.05, 4.69) is 5.32 Å². The molecule has 0 fully saturated rings. The lowest BCUT2D eigenvalue weighted by Crippen LogP contribution is -2.15. The van der Waals surface area contributed by atoms with Crippen molar-refractivity contribution in [2.45, 2.75) is 12.2 Å². The summed E-state index contributed by atoms with van der Waals surface area (Å²) in [6, 6.07) is 5.89. The molecule has 2 nitrogen and oxygen atoms in total. The third-order valence-corrected chi connectivity index (χ3v) is 1.97. The molecule has 0 saturated heterocycles. The van der Waals surface area contributed by atoms with Gasteiger partial charge in [0.15, 0.2) is 0 Å². The van der Waals surface area contributed by atoms with Gasteiger partial charge in [-0.1, -0.05) is 12.1 Å². The highest BCUT2D eigenvalue weighted by atomic mass is 19.4. The molecule has 1 unspecified atom stereocenters. The van der Waals surface area contributed by atoms with Crippen molar-refractivity contribution in [3.8, 4) is 6.07 Å². The van der Waals surface area contributed by atoms with E-state index in [9.17, 15) is 13.2 Å². The highest BCUT2D eigenvalue weighted by molar-refractivity contribution is 5.30. The molecule has 0 heterocycles. The van der Waals surface area contributed by atoms with Crippen molar-refractivity contribution in [3.05, 3.63) is 35.4 Å². The minimum atomic E-state index is -4.37. The van der Waals surface area contributed by atoms with Crippen LogP contribution >= 0.6 is 0 Å². The quantitative estimate of drug-likeness (QED) is 0.820. The van der Waals surface area contributed by atoms with Gasteiger partial charge in [0.1, 0.15) is 6.04 Å². The van der Waals surface area contributed by atoms with Gasteiger partial charge in [-0.25, -0.2) is 0 Å². The van der Waals surface area contributed by atoms with Crippen molar-refractivity contribution in [2.24, 2.45) is 0 Å². The van der Waals surface area contributed by atoms with Gasteiger partial charge in [0.25, 0.3) is 0 Å². The Morgan fingerprint density at radius 2 is 2.07 bits per heavy atom. The molecule has 0 aromatic heterocycles. The number of hydrogen-bond acceptors (Lipinski definition) is 2. The number of nitriles is 1. The summed E-state index contributed by atoms with van der Waals surface area (Å²) in [5.74, 6) is 0. The van der Waals surface area contributed by atoms with Crippen LogP contribution in [0.5, 0.6) is 0 Å². The number of hydrogen-bond donors (Lipinski definition) is 1. The first kappa shape index (κ1) is 11.5. The third kappa shape index (κ3) is 2.70. The topological polar surface area (TPSA) is 35.8 Å². The zero-order valence-corrected chi connectivity index (χ0v) is 7.97. The van der Waals surface area contributed by atoms with Gasteiger partial charge in [0, 0.05) is 0 Å². The van der Waals surface area contributed by atoms with Crippen LogP contribution < -0.4 is 5.32 Å². The first-order valence-corrected chi connectivity index (χ1v) is 4.23. The van der Waals surface area contributed by atoms with Crippen LogP contribution in [0, 0.1) is 11.3 Å². The van der Waals surface area contributed by atoms with Crippen LogP contribution in [0.25, 0.3) is 0 Å². The number of nitrogens with one attached hydrogen (secondary N) is 1. The second kappa shape index (κ2) is 4.32. The van der Waals surface area contributed by atoms with Crippen LogP contribution in [0.4, 0.5) is 13.2 Å². The van der Waals surface area contributed by atoms with E-state index in [4.69, 9.17) is 5.26 Å². The predicted octanol–water partition coefficient (Wildman–Crippen LogP) is 2.49. The number of rotatable bonds is 2. The Labute approximate surface area is 85.3 Å². The molecule has 0 aliphatic carbocycles. The molecule has 0 radical (unpaired) electrons. The minimum absolute atomic E-state index is 0.315. The fourth-order valence-corrected chi connectivity index (χ4v) is 1.20. The van der Waals surface area contributed by atoms with Gasteiger partial charge in [0.05, 0.1) is 11.6 Å². The SMILES string of the molecule is CNC(C#N)c1cccc(C(F)(F)F)c1. The van der Waals surface area contributed by atoms with Crippen LogP contribution in [-0.2, 0) is 6.18 Å². The second-order valence-electron chi connectivity index (χ2n) is 2.97. The lowest BCUT2D eigenvalue weighted by Gasteiger charge is -2.11. The summed E-state index contributed by atoms with van der Waals surface area (Å²) in [5, 5.41) is 11.3. The van der Waals surface area contributed by atoms with E-state index in [1.165, 1.54) is 19.2 Å². The maximum Gasteiger partial charge on any atom is 0.416 e. The Morgan fingerprint density at radius 3 is 2.53 bits per heavy atom. The van der Waals surface area contributed by atoms with Crippen molar-refractivity contribution in [3.63, 3.8) is 0 Å². The average Bonchev–Trinajstić information content (AvgIpc) is 2.19. The molecular formula is C10H9F3N2. The Hall–Kier alpha value is -1.54. The molecule has 15 heavy (non-hydrogen) atoms. The van der Waals surface area contributed by atoms with Crippen LogP contribution in [0.2, 0.25) is 0 Å². The molecule has 1 aromatic rings. The zero-order chi connectivity index (χ0) is 11.5. The van der Waals surface area contributed by atoms with E-state index in [0.29, 0.717) is 5.56 Å². The molecule has 80 valence electrons. The Morgan fingerprint density at radius 1 is 1.40 bits per heavy atom. The fourth-order valence-electron chi connectivity index (χ4n) is 1.20. The Kier molecular flexibility index (Phi) is 3.32. The summed E-state index contributed by atoms with van der Waals surface area (Å²) in [6.07, 6.45) is -4.37. The van der Waals surface area contributed by atoms with Crippen LogP contribution in [0.3, 0.4) is 0 Å². The van der Waals surface area contributed by atoms with E-state index in [1.807, 2.05) is 6.07 Å². The number of benzene rings is 1. The third-order valence-electron chi connectivity index (χ3n) is 1.97. The first-order chi connectivity index (χ1) is 6.99. The van der Waals surface area contributed by atoms with E-state index >= 15 is 0 Å². The zero-order valence-electron chi connectivity index (χ0n) is 7.97. The van der Waals surface area contributed by atoms with E-state index in [-0.39, 0.29) is 0 Å². The summed E-state index contributed by atoms with van der Waals surface area (Å²) in [7, 11) is 1.52. The molecule has 0 bridgehead atoms. The molecule has 1 aromatic carbocycles. The Balaban J connectivity index is 3.09. The molecule has 0 aliphatic heterocycles. The van der Waals surface area contributed by atoms with Gasteiger partial charge in [-0.2, -0.15) is 18.4 Å². The van der Waals surface area contributed by atoms with E-state index in [0.717, 1.165) is 12.1 Å². The highest BCUT2D eigenvalue weighted by Crippen LogP contribution is 2.30. The van der Waals surface area contributed by atoms with Crippen molar-refractivity contribution >= 4 is 0 Å². The van der Waals surface area contributed by atoms with Crippen LogP contribution in [-0.4, -0.2) is 7.05 Å². The highest BCUT2D eigenvalue weighted by Gasteiger charge is 2.30. The number of halogens is 3. The standard InChI is InChI=1S/C10H9F3N2/c1-15-9(6-14)7-3-2-4-8(5-7)10(11,12)13/h2-5,9,15H,1H3. The molecule has 1 atom stereocenters. The van der Waals surface area contributed by atoms with Gasteiger partial charge >= 0.3 is 6.18 Å². The molecule has 1 rings (SSSR count). The van der Waals surface area contributed by atoms with Gasteiger partial charge in [-0.05, 0) is 24.7 Å². The van der Waals surface area contributed by atoms with Crippen molar-refractivity contribution < 1.29 is 13.2 Å². The van der Waals surface area contributed by atoms with Crippen LogP contribution in [0.1, 0.15) is 17.2 Å². The predicted molar refractivity (Wildman–Crippen MR) is 48.9 cm³/mol. The fraction of sp³-hybridized carbons (Fsp3) is 0.300. The largest absolute Gasteiger partial charge is 0.416 e. The molecular weight excluding hydrogens is 205 g/mol. The van der Waals surface area contributed by atoms with Crippen molar-refractivity contribution in [1.82, 2.24) is 5.32 Å². The Bertz CT molecular complexity index is 379. The number of nitrogens with zero attached hydrogens (tertiary/aromatic N) is 1. The lowest BCUT2D eigenvalue weighted by molar-refractivity contribution is -0.137. The summed E-state index contributed by atoms with van der Waals surface area (Å²) >= 11 is 0. The maximum atomic E-state index is 12.3. The summed E-state index contributed by atoms with van der Waals surface area (Å²) in [6.45, 7) is 0. The van der Waals surface area contributed by atoms with E-state index < -0.39 is 17.8 Å². The number of alkyl halides is 3. The first-order valence-electron chi connectivity index (χ1n) is 4.23. The smallest absolute Gasteiger partial charge is 0.301 e. The van der Waals surface area contributed by atoms with Crippen molar-refractivity contribution in [1.29, 1.82) is 5.26 Å². The summed E-state index contributed by atoms with van der Waals surface area (Å²) in [4.78, 5) is 0. The van der Waals surface area contributed by atoms with Gasteiger partial charge in [-0.15, -0.1) is 0 Å². The summed E-state index contributed by atoms with van der Waals surface area (Å²) < 4.78 is 37.0. The molecule has 5 heteroatoms. The monoisotopic (exact) mass is 214 g/mol. The van der Waals surface area contributed by atoms with Crippen molar-refractivity contribution in [2.75, 3.05) is 7.05 Å². The minimum Gasteiger partial charge on any atom is -0.301 e. The maximum absolute atomic E-state index is 12.3. The molecule has 0 amide bonds. The van der Waals surface area contributed by atoms with Crippen LogP contribution in [0.15, 0.2) is 24.3 Å². The van der Waals surface area contributed by atoms with Gasteiger partial charge < -0.3 is 5.32 Å². The molecule has 1 N–H and O–H groups in total. The lowest BCUT2D eigenvalue weighted by atomic mass is 10.0. The normalized spacial score (nSPS) is 13.3. The summed E-state index contributed by atoms with van der Waals surface area (Å²) in [5.41, 5.74) is -0.426. The van der Waals surface area contributed by atoms with Gasteiger partial charge in [0.2, 0.25) is 0 Å². The van der Waals surface area contributed by atoms with Gasteiger partial charge in [-0.3, -0.25) is 0 Å². The molecule has 0 spiro atoms. The molecule has 0 saturated carbocycles. The van der Waals surface area contributed by atoms with E-state index in [1.54, 1.807) is 0 Å². The molecule has 0 aliphatic rings.